The molecule has 0 radical (unpaired) electrons. The third-order valence-corrected chi connectivity index (χ3v) is 9.78. The molecule has 5 rings (SSSR count). The molecule has 1 N–H and O–H groups in total. The molecule has 7 nitrogen and oxygen atoms in total. The molecule has 3 aliphatic carbocycles. The molecule has 1 aromatic rings. The molecule has 3 unspecified atom stereocenters. The second-order valence-corrected chi connectivity index (χ2v) is 12.2. The maximum absolute atomic E-state index is 11.8. The van der Waals surface area contributed by atoms with Crippen LogP contribution >= 0.6 is 0 Å². The second kappa shape index (κ2) is 11.9. The van der Waals surface area contributed by atoms with Gasteiger partial charge in [-0.1, -0.05) is 55.5 Å². The third kappa shape index (κ3) is 5.59. The van der Waals surface area contributed by atoms with E-state index in [0.29, 0.717) is 38.0 Å². The Labute approximate surface area is 233 Å². The van der Waals surface area contributed by atoms with Gasteiger partial charge in [-0.2, -0.15) is 0 Å². The van der Waals surface area contributed by atoms with Crippen molar-refractivity contribution in [2.24, 2.45) is 16.7 Å². The first-order chi connectivity index (χ1) is 18.6. The first-order valence-corrected chi connectivity index (χ1v) is 14.1. The summed E-state index contributed by atoms with van der Waals surface area (Å²) in [7, 11) is 4.63. The third-order valence-electron chi connectivity index (χ3n) is 9.78. The molecule has 0 bridgehead atoms. The van der Waals surface area contributed by atoms with Crippen LogP contribution in [0.5, 0.6) is 0 Å². The number of hydrogen-bond donors (Lipinski definition) is 1. The van der Waals surface area contributed by atoms with Crippen molar-refractivity contribution in [2.45, 2.75) is 63.3 Å². The average molecular weight is 540 g/mol. The Hall–Kier alpha value is -2.48. The highest BCUT2D eigenvalue weighted by Gasteiger charge is 2.50. The smallest absolute Gasteiger partial charge is 0.314 e. The van der Waals surface area contributed by atoms with Gasteiger partial charge in [0.2, 0.25) is 0 Å². The van der Waals surface area contributed by atoms with Crippen molar-refractivity contribution in [3.05, 3.63) is 53.6 Å². The monoisotopic (exact) mass is 539 g/mol. The Bertz CT molecular complexity index is 1100. The van der Waals surface area contributed by atoms with Gasteiger partial charge in [0, 0.05) is 32.2 Å². The van der Waals surface area contributed by atoms with Crippen LogP contribution in [0.4, 0.5) is 0 Å². The summed E-state index contributed by atoms with van der Waals surface area (Å²) in [6, 6.07) is 9.12. The van der Waals surface area contributed by atoms with Crippen molar-refractivity contribution < 1.29 is 28.9 Å². The Morgan fingerprint density at radius 3 is 2.41 bits per heavy atom. The molecule has 5 atom stereocenters. The first kappa shape index (κ1) is 29.5. The van der Waals surface area contributed by atoms with Gasteiger partial charge in [-0.25, -0.2) is 0 Å². The van der Waals surface area contributed by atoms with Crippen LogP contribution in [0.3, 0.4) is 0 Å². The number of aliphatic carboxylic acids is 1. The quantitative estimate of drug-likeness (QED) is 0.381. The zero-order chi connectivity index (χ0) is 28.3. The molecule has 4 aliphatic rings. The minimum atomic E-state index is -0.698. The molecule has 0 amide bonds. The number of carbonyl (C=O) groups excluding carboxylic acids is 1. The predicted molar refractivity (Wildman–Crippen MR) is 151 cm³/mol. The molecule has 1 heterocycles. The fourth-order valence-electron chi connectivity index (χ4n) is 7.55. The summed E-state index contributed by atoms with van der Waals surface area (Å²) in [6.07, 6.45) is 10.6. The molecule has 7 heteroatoms. The maximum Gasteiger partial charge on any atom is 0.314 e. The molecule has 1 aliphatic heterocycles. The van der Waals surface area contributed by atoms with Gasteiger partial charge in [0.1, 0.15) is 0 Å². The topological polar surface area (TPSA) is 85.3 Å². The zero-order valence-corrected chi connectivity index (χ0v) is 24.0. The Morgan fingerprint density at radius 1 is 1.08 bits per heavy atom. The summed E-state index contributed by atoms with van der Waals surface area (Å²) >= 11 is 0. The molecule has 1 aromatic carbocycles. The van der Waals surface area contributed by atoms with Gasteiger partial charge in [0.25, 0.3) is 0 Å². The second-order valence-electron chi connectivity index (χ2n) is 12.2. The number of rotatable bonds is 7. The van der Waals surface area contributed by atoms with Crippen LogP contribution in [0.1, 0.15) is 63.0 Å². The lowest BCUT2D eigenvalue weighted by molar-refractivity contribution is -0.155. The minimum Gasteiger partial charge on any atom is -0.481 e. The van der Waals surface area contributed by atoms with E-state index in [1.807, 2.05) is 0 Å². The number of esters is 1. The van der Waals surface area contributed by atoms with Gasteiger partial charge < -0.3 is 19.3 Å². The van der Waals surface area contributed by atoms with Crippen LogP contribution < -0.4 is 0 Å². The normalized spacial score (nSPS) is 33.6. The summed E-state index contributed by atoms with van der Waals surface area (Å²) in [5, 5.41) is 9.73. The zero-order valence-electron chi connectivity index (χ0n) is 24.0. The number of nitrogens with zero attached hydrogens (tertiary/aromatic N) is 1. The fraction of sp³-hybridized carbons (Fsp3) is 0.625. The molecule has 1 spiro atoms. The number of carboxylic acid groups (broad SMARTS) is 1. The van der Waals surface area contributed by atoms with Crippen molar-refractivity contribution in [3.8, 4) is 0 Å². The van der Waals surface area contributed by atoms with Crippen molar-refractivity contribution >= 4 is 18.0 Å². The van der Waals surface area contributed by atoms with E-state index in [0.717, 1.165) is 50.8 Å². The van der Waals surface area contributed by atoms with Crippen molar-refractivity contribution in [3.63, 3.8) is 0 Å². The summed E-state index contributed by atoms with van der Waals surface area (Å²) in [5.74, 6) is -0.345. The number of likely N-dealkylation sites (tertiary alicyclic amines) is 1. The van der Waals surface area contributed by atoms with E-state index in [2.05, 4.69) is 54.8 Å². The lowest BCUT2D eigenvalue weighted by Crippen LogP contribution is -2.50. The summed E-state index contributed by atoms with van der Waals surface area (Å²) in [5.41, 5.74) is 2.94. The van der Waals surface area contributed by atoms with Crippen LogP contribution in [0.25, 0.3) is 6.08 Å². The van der Waals surface area contributed by atoms with E-state index in [-0.39, 0.29) is 11.4 Å². The fourth-order valence-corrected chi connectivity index (χ4v) is 7.55. The predicted octanol–water partition coefficient (Wildman–Crippen LogP) is 5.10. The molecule has 39 heavy (non-hydrogen) atoms. The molecule has 0 aromatic heterocycles. The van der Waals surface area contributed by atoms with Crippen LogP contribution in [0, 0.1) is 16.7 Å². The summed E-state index contributed by atoms with van der Waals surface area (Å²) in [4.78, 5) is 25.9. The van der Waals surface area contributed by atoms with Crippen molar-refractivity contribution in [1.82, 2.24) is 4.90 Å². The number of allylic oxidation sites excluding steroid dienone is 2. The van der Waals surface area contributed by atoms with Gasteiger partial charge in [0.15, 0.2) is 0 Å². The van der Waals surface area contributed by atoms with Crippen LogP contribution in [0.2, 0.25) is 0 Å². The summed E-state index contributed by atoms with van der Waals surface area (Å²) < 4.78 is 15.1. The number of carbonyl (C=O) groups is 2. The van der Waals surface area contributed by atoms with Crippen LogP contribution in [-0.2, 0) is 29.2 Å². The number of hydrogen-bond acceptors (Lipinski definition) is 6. The standard InChI is InChI=1S/C22H29NO3.C10H16O3/c1-16-14-23(18-8-9-21(13-18,15-26-2)20(24)25)12-11-22(16)10-7-17-5-3-4-6-19(17)22;1-8-4-5-10(6-8,7-12-2)9(11)13-3/h3-7,10,16,18H,8-9,11-15H2,1-2H3,(H,24,25);1,4-7H2,2-3H3/t16-,18?,21?,22-;/m0./s1. The number of methoxy groups -OCH3 is 3. The van der Waals surface area contributed by atoms with Gasteiger partial charge in [-0.3, -0.25) is 14.5 Å². The molecule has 1 saturated heterocycles. The van der Waals surface area contributed by atoms with E-state index < -0.39 is 16.8 Å². The lowest BCUT2D eigenvalue weighted by atomic mass is 9.68. The Kier molecular flexibility index (Phi) is 9.04. The van der Waals surface area contributed by atoms with E-state index in [4.69, 9.17) is 14.2 Å². The van der Waals surface area contributed by atoms with E-state index in [9.17, 15) is 14.7 Å². The largest absolute Gasteiger partial charge is 0.481 e. The minimum absolute atomic E-state index is 0.155. The highest BCUT2D eigenvalue weighted by Crippen LogP contribution is 2.49. The Morgan fingerprint density at radius 2 is 1.79 bits per heavy atom. The average Bonchev–Trinajstić information content (AvgIpc) is 3.64. The molecular weight excluding hydrogens is 494 g/mol. The number of benzene rings is 1. The van der Waals surface area contributed by atoms with Crippen molar-refractivity contribution in [1.29, 1.82) is 0 Å². The molecule has 214 valence electrons. The van der Waals surface area contributed by atoms with Crippen molar-refractivity contribution in [2.75, 3.05) is 47.6 Å². The molecule has 3 fully saturated rings. The first-order valence-electron chi connectivity index (χ1n) is 14.1. The SMILES string of the molecule is C=C1CCC(COC)(C(=O)OC)C1.COCC1(C(=O)O)CCC(N2CC[C@@]3(C=Cc4ccccc43)[C@@H](C)C2)C1. The van der Waals surface area contributed by atoms with Gasteiger partial charge >= 0.3 is 11.9 Å². The van der Waals surface area contributed by atoms with Gasteiger partial charge in [-0.05, 0) is 68.5 Å². The van der Waals surface area contributed by atoms with E-state index >= 15 is 0 Å². The number of fused-ring (bicyclic) bond motifs is 2. The van der Waals surface area contributed by atoms with Crippen LogP contribution in [-0.4, -0.2) is 75.6 Å². The summed E-state index contributed by atoms with van der Waals surface area (Å²) in [6.45, 7) is 9.06. The van der Waals surface area contributed by atoms with Gasteiger partial charge in [0.05, 0.1) is 31.2 Å². The van der Waals surface area contributed by atoms with E-state index in [1.54, 1.807) is 14.2 Å². The molecular formula is C32H45NO6. The van der Waals surface area contributed by atoms with Gasteiger partial charge in [-0.15, -0.1) is 0 Å². The number of ether oxygens (including phenoxy) is 3. The maximum atomic E-state index is 11.8. The molecule has 2 saturated carbocycles. The number of piperidine rings is 1. The van der Waals surface area contributed by atoms with E-state index in [1.165, 1.54) is 18.2 Å². The Balaban J connectivity index is 0.000000229. The number of carboxylic acids is 1. The highest BCUT2D eigenvalue weighted by molar-refractivity contribution is 5.78. The van der Waals surface area contributed by atoms with Crippen LogP contribution in [0.15, 0.2) is 42.5 Å². The highest BCUT2D eigenvalue weighted by atomic mass is 16.5. The lowest BCUT2D eigenvalue weighted by Gasteiger charge is -2.46.